The summed E-state index contributed by atoms with van der Waals surface area (Å²) < 4.78 is 16.5. The minimum atomic E-state index is -0.168. The van der Waals surface area contributed by atoms with E-state index < -0.39 is 0 Å². The van der Waals surface area contributed by atoms with E-state index in [9.17, 15) is 0 Å². The molecule has 0 amide bonds. The van der Waals surface area contributed by atoms with Gasteiger partial charge in [-0.15, -0.1) is 0 Å². The summed E-state index contributed by atoms with van der Waals surface area (Å²) in [6.07, 6.45) is 2.10. The molecule has 0 spiro atoms. The molecule has 1 aromatic carbocycles. The minimum absolute atomic E-state index is 0.168. The first-order valence-electron chi connectivity index (χ1n) is 7.24. The molecule has 1 aliphatic heterocycles. The van der Waals surface area contributed by atoms with Crippen molar-refractivity contribution in [3.8, 4) is 11.5 Å². The van der Waals surface area contributed by atoms with Crippen molar-refractivity contribution in [2.75, 3.05) is 20.4 Å². The van der Waals surface area contributed by atoms with E-state index in [-0.39, 0.29) is 12.4 Å². The molecule has 4 nitrogen and oxygen atoms in total. The zero-order valence-electron chi connectivity index (χ0n) is 12.9. The number of ether oxygens (including phenoxy) is 3. The van der Waals surface area contributed by atoms with Gasteiger partial charge in [-0.05, 0) is 32.9 Å². The molecular formula is C16H25NO3. The number of methoxy groups -OCH3 is 1. The molecule has 112 valence electrons. The second-order valence-electron chi connectivity index (χ2n) is 5.82. The van der Waals surface area contributed by atoms with Crippen LogP contribution in [0.2, 0.25) is 0 Å². The van der Waals surface area contributed by atoms with E-state index in [4.69, 9.17) is 14.2 Å². The van der Waals surface area contributed by atoms with Crippen LogP contribution in [0.1, 0.15) is 45.2 Å². The lowest BCUT2D eigenvalue weighted by molar-refractivity contribution is 0.0482. The molecule has 1 heterocycles. The zero-order valence-corrected chi connectivity index (χ0v) is 12.9. The summed E-state index contributed by atoms with van der Waals surface area (Å²) in [6.45, 7) is 7.69. The van der Waals surface area contributed by atoms with Gasteiger partial charge in [0.2, 0.25) is 0 Å². The number of rotatable bonds is 6. The molecule has 0 aliphatic carbocycles. The average Bonchev–Trinajstić information content (AvgIpc) is 2.40. The molecular weight excluding hydrogens is 254 g/mol. The van der Waals surface area contributed by atoms with Gasteiger partial charge in [0.05, 0.1) is 0 Å². The van der Waals surface area contributed by atoms with Gasteiger partial charge in [0.25, 0.3) is 0 Å². The zero-order chi connectivity index (χ0) is 14.6. The minimum Gasteiger partial charge on any atom is -0.487 e. The van der Waals surface area contributed by atoms with Gasteiger partial charge in [-0.1, -0.05) is 13.0 Å². The molecule has 0 aromatic heterocycles. The van der Waals surface area contributed by atoms with E-state index in [1.807, 2.05) is 12.1 Å². The van der Waals surface area contributed by atoms with Gasteiger partial charge in [0.15, 0.2) is 6.79 Å². The highest BCUT2D eigenvalue weighted by molar-refractivity contribution is 5.44. The van der Waals surface area contributed by atoms with Gasteiger partial charge in [-0.3, -0.25) is 0 Å². The van der Waals surface area contributed by atoms with Gasteiger partial charge in [0.1, 0.15) is 17.1 Å². The standard InChI is InChI=1S/C16H25NO3/c1-5-8-17-14-10-16(2,3)20-15-9-12(19-11-18-4)6-7-13(14)15/h6-7,9,14,17H,5,8,10-11H2,1-4H3. The largest absolute Gasteiger partial charge is 0.487 e. The summed E-state index contributed by atoms with van der Waals surface area (Å²) >= 11 is 0. The van der Waals surface area contributed by atoms with Crippen molar-refractivity contribution in [1.82, 2.24) is 5.32 Å². The van der Waals surface area contributed by atoms with Crippen LogP contribution in [0.15, 0.2) is 18.2 Å². The first-order valence-corrected chi connectivity index (χ1v) is 7.24. The lowest BCUT2D eigenvalue weighted by Crippen LogP contribution is -2.39. The molecule has 1 aromatic rings. The second-order valence-corrected chi connectivity index (χ2v) is 5.82. The second kappa shape index (κ2) is 6.46. The third-order valence-corrected chi connectivity index (χ3v) is 3.43. The molecule has 1 aliphatic rings. The Kier molecular flexibility index (Phi) is 4.89. The molecule has 0 saturated carbocycles. The van der Waals surface area contributed by atoms with E-state index in [1.54, 1.807) is 7.11 Å². The van der Waals surface area contributed by atoms with Gasteiger partial charge in [0, 0.05) is 31.2 Å². The molecule has 1 N–H and O–H groups in total. The predicted molar refractivity (Wildman–Crippen MR) is 79.3 cm³/mol. The van der Waals surface area contributed by atoms with E-state index >= 15 is 0 Å². The highest BCUT2D eigenvalue weighted by Gasteiger charge is 2.33. The Morgan fingerprint density at radius 1 is 1.40 bits per heavy atom. The molecule has 1 unspecified atom stereocenters. The van der Waals surface area contributed by atoms with Gasteiger partial charge < -0.3 is 19.5 Å². The predicted octanol–water partition coefficient (Wildman–Crippen LogP) is 3.27. The molecule has 0 fully saturated rings. The number of hydrogen-bond acceptors (Lipinski definition) is 4. The van der Waals surface area contributed by atoms with Crippen LogP contribution in [0.3, 0.4) is 0 Å². The number of benzene rings is 1. The summed E-state index contributed by atoms with van der Waals surface area (Å²) in [6, 6.07) is 6.35. The smallest absolute Gasteiger partial charge is 0.188 e. The molecule has 0 bridgehead atoms. The molecule has 4 heteroatoms. The molecule has 20 heavy (non-hydrogen) atoms. The van der Waals surface area contributed by atoms with Crippen LogP contribution >= 0.6 is 0 Å². The SMILES string of the molecule is CCCNC1CC(C)(C)Oc2cc(OCOC)ccc21. The van der Waals surface area contributed by atoms with E-state index in [2.05, 4.69) is 32.2 Å². The van der Waals surface area contributed by atoms with Crippen LogP contribution in [-0.4, -0.2) is 26.0 Å². The van der Waals surface area contributed by atoms with Crippen LogP contribution in [-0.2, 0) is 4.74 Å². The Balaban J connectivity index is 2.22. The number of fused-ring (bicyclic) bond motifs is 1. The lowest BCUT2D eigenvalue weighted by atomic mass is 9.89. The summed E-state index contributed by atoms with van der Waals surface area (Å²) in [4.78, 5) is 0. The Morgan fingerprint density at radius 3 is 2.90 bits per heavy atom. The average molecular weight is 279 g/mol. The summed E-state index contributed by atoms with van der Waals surface area (Å²) in [7, 11) is 1.61. The Labute approximate surface area is 121 Å². The van der Waals surface area contributed by atoms with E-state index in [0.29, 0.717) is 6.04 Å². The van der Waals surface area contributed by atoms with Crippen molar-refractivity contribution in [3.05, 3.63) is 23.8 Å². The first kappa shape index (κ1) is 15.1. The summed E-state index contributed by atoms with van der Waals surface area (Å²) in [5.41, 5.74) is 1.04. The van der Waals surface area contributed by atoms with Crippen molar-refractivity contribution in [1.29, 1.82) is 0 Å². The number of hydrogen-bond donors (Lipinski definition) is 1. The van der Waals surface area contributed by atoms with Crippen LogP contribution in [0.25, 0.3) is 0 Å². The molecule has 0 saturated heterocycles. The van der Waals surface area contributed by atoms with Gasteiger partial charge in [-0.25, -0.2) is 0 Å². The quantitative estimate of drug-likeness (QED) is 0.811. The third kappa shape index (κ3) is 3.64. The highest BCUT2D eigenvalue weighted by atomic mass is 16.7. The molecule has 0 radical (unpaired) electrons. The molecule has 1 atom stereocenters. The Hall–Kier alpha value is -1.26. The highest BCUT2D eigenvalue weighted by Crippen LogP contribution is 2.41. The fourth-order valence-electron chi connectivity index (χ4n) is 2.55. The molecule has 2 rings (SSSR count). The van der Waals surface area contributed by atoms with Crippen LogP contribution < -0.4 is 14.8 Å². The van der Waals surface area contributed by atoms with E-state index in [1.165, 1.54) is 5.56 Å². The van der Waals surface area contributed by atoms with Crippen molar-refractivity contribution in [3.63, 3.8) is 0 Å². The number of nitrogens with one attached hydrogen (secondary N) is 1. The maximum Gasteiger partial charge on any atom is 0.188 e. The first-order chi connectivity index (χ1) is 9.55. The van der Waals surface area contributed by atoms with Crippen LogP contribution in [0.5, 0.6) is 11.5 Å². The van der Waals surface area contributed by atoms with Crippen molar-refractivity contribution < 1.29 is 14.2 Å². The van der Waals surface area contributed by atoms with Gasteiger partial charge in [-0.2, -0.15) is 0 Å². The van der Waals surface area contributed by atoms with Crippen molar-refractivity contribution in [2.24, 2.45) is 0 Å². The van der Waals surface area contributed by atoms with E-state index in [0.717, 1.165) is 30.9 Å². The summed E-state index contributed by atoms with van der Waals surface area (Å²) in [5.74, 6) is 1.68. The summed E-state index contributed by atoms with van der Waals surface area (Å²) in [5, 5.41) is 3.60. The third-order valence-electron chi connectivity index (χ3n) is 3.43. The van der Waals surface area contributed by atoms with Crippen molar-refractivity contribution >= 4 is 0 Å². The fourth-order valence-corrected chi connectivity index (χ4v) is 2.55. The fraction of sp³-hybridized carbons (Fsp3) is 0.625. The van der Waals surface area contributed by atoms with Gasteiger partial charge >= 0.3 is 0 Å². The lowest BCUT2D eigenvalue weighted by Gasteiger charge is -2.38. The monoisotopic (exact) mass is 279 g/mol. The topological polar surface area (TPSA) is 39.7 Å². The van der Waals surface area contributed by atoms with Crippen LogP contribution in [0, 0.1) is 0 Å². The normalized spacial score (nSPS) is 20.1. The maximum absolute atomic E-state index is 6.09. The Morgan fingerprint density at radius 2 is 2.20 bits per heavy atom. The van der Waals surface area contributed by atoms with Crippen molar-refractivity contribution in [2.45, 2.75) is 45.3 Å². The van der Waals surface area contributed by atoms with Crippen LogP contribution in [0.4, 0.5) is 0 Å². The Bertz CT molecular complexity index is 445. The maximum atomic E-state index is 6.09.